The average Bonchev–Trinajstić information content (AvgIpc) is 2.05. The molecule has 1 aliphatic heterocycles. The highest BCUT2D eigenvalue weighted by molar-refractivity contribution is 4.54. The number of rotatable bonds is 4. The molecule has 0 amide bonds. The molecule has 12 heavy (non-hydrogen) atoms. The summed E-state index contributed by atoms with van der Waals surface area (Å²) in [6.07, 6.45) is 4.77. The summed E-state index contributed by atoms with van der Waals surface area (Å²) in [5, 5.41) is 0. The van der Waals surface area contributed by atoms with Crippen molar-refractivity contribution in [2.75, 3.05) is 13.2 Å². The average molecular weight is 172 g/mol. The third kappa shape index (κ3) is 4.07. The zero-order valence-electron chi connectivity index (χ0n) is 8.21. The van der Waals surface area contributed by atoms with Crippen LogP contribution in [0.15, 0.2) is 0 Å². The molecule has 2 nitrogen and oxygen atoms in total. The lowest BCUT2D eigenvalue weighted by Crippen LogP contribution is -2.22. The smallest absolute Gasteiger partial charge is 0.157 e. The summed E-state index contributed by atoms with van der Waals surface area (Å²) in [5.74, 6) is 0.730. The Morgan fingerprint density at radius 2 is 2.25 bits per heavy atom. The van der Waals surface area contributed by atoms with E-state index >= 15 is 0 Å². The lowest BCUT2D eigenvalue weighted by molar-refractivity contribution is -0.163. The molecule has 1 aliphatic rings. The van der Waals surface area contributed by atoms with Crippen LogP contribution in [0.5, 0.6) is 0 Å². The van der Waals surface area contributed by atoms with E-state index in [1.807, 2.05) is 0 Å². The minimum atomic E-state index is 0.0949. The van der Waals surface area contributed by atoms with E-state index < -0.39 is 0 Å². The van der Waals surface area contributed by atoms with Crippen molar-refractivity contribution in [2.24, 2.45) is 5.92 Å². The van der Waals surface area contributed by atoms with E-state index in [4.69, 9.17) is 9.47 Å². The van der Waals surface area contributed by atoms with Gasteiger partial charge in [-0.2, -0.15) is 0 Å². The van der Waals surface area contributed by atoms with Crippen molar-refractivity contribution in [2.45, 2.75) is 45.8 Å². The van der Waals surface area contributed by atoms with Gasteiger partial charge < -0.3 is 9.47 Å². The summed E-state index contributed by atoms with van der Waals surface area (Å²) in [4.78, 5) is 0. The van der Waals surface area contributed by atoms with Gasteiger partial charge in [0.1, 0.15) is 0 Å². The molecule has 0 unspecified atom stereocenters. The molecule has 1 heterocycles. The topological polar surface area (TPSA) is 18.5 Å². The second-order valence-electron chi connectivity index (χ2n) is 3.85. The predicted octanol–water partition coefficient (Wildman–Crippen LogP) is 2.58. The number of ether oxygens (including phenoxy) is 2. The van der Waals surface area contributed by atoms with Crippen LogP contribution in [0, 0.1) is 5.92 Å². The number of hydrogen-bond donors (Lipinski definition) is 0. The van der Waals surface area contributed by atoms with E-state index in [1.54, 1.807) is 0 Å². The number of hydrogen-bond acceptors (Lipinski definition) is 2. The molecular formula is C10H20O2. The highest BCUT2D eigenvalue weighted by Crippen LogP contribution is 2.14. The zero-order chi connectivity index (χ0) is 8.81. The summed E-state index contributed by atoms with van der Waals surface area (Å²) in [7, 11) is 0. The largest absolute Gasteiger partial charge is 0.353 e. The van der Waals surface area contributed by atoms with E-state index in [-0.39, 0.29) is 6.29 Å². The van der Waals surface area contributed by atoms with Crippen LogP contribution in [0.4, 0.5) is 0 Å². The Labute approximate surface area is 75.2 Å². The highest BCUT2D eigenvalue weighted by atomic mass is 16.7. The van der Waals surface area contributed by atoms with E-state index in [1.165, 1.54) is 12.8 Å². The van der Waals surface area contributed by atoms with Gasteiger partial charge in [0.25, 0.3) is 0 Å². The third-order valence-electron chi connectivity index (χ3n) is 2.14. The second-order valence-corrected chi connectivity index (χ2v) is 3.85. The van der Waals surface area contributed by atoms with Crippen LogP contribution in [0.1, 0.15) is 39.5 Å². The Morgan fingerprint density at radius 1 is 1.42 bits per heavy atom. The molecule has 0 N–H and O–H groups in total. The fraction of sp³-hybridized carbons (Fsp3) is 1.00. The van der Waals surface area contributed by atoms with Gasteiger partial charge in [0.15, 0.2) is 6.29 Å². The van der Waals surface area contributed by atoms with E-state index in [0.29, 0.717) is 0 Å². The van der Waals surface area contributed by atoms with E-state index in [0.717, 1.165) is 32.0 Å². The molecule has 0 aromatic carbocycles. The summed E-state index contributed by atoms with van der Waals surface area (Å²) < 4.78 is 11.0. The van der Waals surface area contributed by atoms with E-state index in [9.17, 15) is 0 Å². The third-order valence-corrected chi connectivity index (χ3v) is 2.14. The van der Waals surface area contributed by atoms with Gasteiger partial charge in [-0.1, -0.05) is 13.8 Å². The molecule has 0 aromatic rings. The van der Waals surface area contributed by atoms with E-state index in [2.05, 4.69) is 13.8 Å². The Kier molecular flexibility index (Phi) is 4.62. The maximum Gasteiger partial charge on any atom is 0.157 e. The van der Waals surface area contributed by atoms with Crippen molar-refractivity contribution in [1.82, 2.24) is 0 Å². The molecule has 0 aromatic heterocycles. The summed E-state index contributed by atoms with van der Waals surface area (Å²) in [6.45, 7) is 6.16. The molecule has 1 atom stereocenters. The SMILES string of the molecule is CC(C)CCO[C@@H]1CCCCO1. The first kappa shape index (κ1) is 10.0. The Morgan fingerprint density at radius 3 is 2.83 bits per heavy atom. The quantitative estimate of drug-likeness (QED) is 0.649. The lowest BCUT2D eigenvalue weighted by atomic mass is 10.1. The summed E-state index contributed by atoms with van der Waals surface area (Å²) in [5.41, 5.74) is 0. The minimum Gasteiger partial charge on any atom is -0.353 e. The van der Waals surface area contributed by atoms with Crippen LogP contribution in [0.3, 0.4) is 0 Å². The second kappa shape index (κ2) is 5.55. The van der Waals surface area contributed by atoms with Crippen LogP contribution in [-0.2, 0) is 9.47 Å². The minimum absolute atomic E-state index is 0.0949. The van der Waals surface area contributed by atoms with Crippen LogP contribution < -0.4 is 0 Å². The first-order valence-electron chi connectivity index (χ1n) is 5.02. The monoisotopic (exact) mass is 172 g/mol. The first-order valence-corrected chi connectivity index (χ1v) is 5.02. The summed E-state index contributed by atoms with van der Waals surface area (Å²) in [6, 6.07) is 0. The van der Waals surface area contributed by atoms with Gasteiger partial charge in [-0.15, -0.1) is 0 Å². The molecule has 0 bridgehead atoms. The van der Waals surface area contributed by atoms with Gasteiger partial charge in [-0.3, -0.25) is 0 Å². The Balaban J connectivity index is 1.98. The maximum absolute atomic E-state index is 5.57. The molecule has 0 saturated carbocycles. The fourth-order valence-electron chi connectivity index (χ4n) is 1.28. The van der Waals surface area contributed by atoms with Gasteiger partial charge in [0.2, 0.25) is 0 Å². The van der Waals surface area contributed by atoms with Crippen molar-refractivity contribution < 1.29 is 9.47 Å². The standard InChI is InChI=1S/C10H20O2/c1-9(2)6-8-12-10-5-3-4-7-11-10/h9-10H,3-8H2,1-2H3/t10-/m1/s1. The van der Waals surface area contributed by atoms with Crippen molar-refractivity contribution in [3.8, 4) is 0 Å². The molecule has 0 aliphatic carbocycles. The molecule has 1 fully saturated rings. The Bertz CT molecular complexity index is 106. The maximum atomic E-state index is 5.57. The van der Waals surface area contributed by atoms with Crippen LogP contribution in [0.25, 0.3) is 0 Å². The van der Waals surface area contributed by atoms with Gasteiger partial charge in [0, 0.05) is 13.2 Å². The first-order chi connectivity index (χ1) is 5.79. The van der Waals surface area contributed by atoms with Crippen molar-refractivity contribution in [3.05, 3.63) is 0 Å². The normalized spacial score (nSPS) is 24.8. The van der Waals surface area contributed by atoms with Crippen molar-refractivity contribution >= 4 is 0 Å². The van der Waals surface area contributed by atoms with Crippen LogP contribution in [0.2, 0.25) is 0 Å². The van der Waals surface area contributed by atoms with Gasteiger partial charge >= 0.3 is 0 Å². The van der Waals surface area contributed by atoms with Crippen molar-refractivity contribution in [1.29, 1.82) is 0 Å². The van der Waals surface area contributed by atoms with Gasteiger partial charge in [-0.05, 0) is 31.6 Å². The zero-order valence-corrected chi connectivity index (χ0v) is 8.21. The molecule has 0 radical (unpaired) electrons. The Hall–Kier alpha value is -0.0800. The fourth-order valence-corrected chi connectivity index (χ4v) is 1.28. The highest BCUT2D eigenvalue weighted by Gasteiger charge is 2.13. The van der Waals surface area contributed by atoms with Crippen LogP contribution in [-0.4, -0.2) is 19.5 Å². The van der Waals surface area contributed by atoms with Gasteiger partial charge in [-0.25, -0.2) is 0 Å². The van der Waals surface area contributed by atoms with Gasteiger partial charge in [0.05, 0.1) is 0 Å². The summed E-state index contributed by atoms with van der Waals surface area (Å²) >= 11 is 0. The predicted molar refractivity (Wildman–Crippen MR) is 49.0 cm³/mol. The molecule has 1 saturated heterocycles. The molecule has 1 rings (SSSR count). The molecule has 2 heteroatoms. The van der Waals surface area contributed by atoms with Crippen LogP contribution >= 0.6 is 0 Å². The molecule has 72 valence electrons. The lowest BCUT2D eigenvalue weighted by Gasteiger charge is -2.22. The molecular weight excluding hydrogens is 152 g/mol. The van der Waals surface area contributed by atoms with Crippen molar-refractivity contribution in [3.63, 3.8) is 0 Å². The molecule has 0 spiro atoms.